The molecule has 2 atom stereocenters. The number of hydrogen-bond acceptors (Lipinski definition) is 3. The van der Waals surface area contributed by atoms with Gasteiger partial charge in [-0.05, 0) is 79.7 Å². The number of rotatable bonds is 5. The largest absolute Gasteiger partial charge is 0.377 e. The van der Waals surface area contributed by atoms with Crippen LogP contribution in [0.3, 0.4) is 0 Å². The Kier molecular flexibility index (Phi) is 4.53. The molecule has 2 heterocycles. The molecule has 1 aliphatic carbocycles. The van der Waals surface area contributed by atoms with E-state index in [1.165, 1.54) is 28.6 Å². The Balaban J connectivity index is 1.81. The highest BCUT2D eigenvalue weighted by molar-refractivity contribution is 9.10. The van der Waals surface area contributed by atoms with Crippen LogP contribution in [-0.2, 0) is 11.2 Å². The molecule has 1 aromatic rings. The van der Waals surface area contributed by atoms with Gasteiger partial charge in [0.2, 0.25) is 0 Å². The summed E-state index contributed by atoms with van der Waals surface area (Å²) in [6, 6.07) is 2.17. The number of hydrogen-bond donors (Lipinski definition) is 1. The highest BCUT2D eigenvalue weighted by atomic mass is 79.9. The smallest absolute Gasteiger partial charge is 0.0675 e. The topological polar surface area (TPSA) is 21.3 Å². The maximum Gasteiger partial charge on any atom is 0.0675 e. The summed E-state index contributed by atoms with van der Waals surface area (Å²) in [5.41, 5.74) is 0.429. The van der Waals surface area contributed by atoms with Gasteiger partial charge in [0.15, 0.2) is 0 Å². The van der Waals surface area contributed by atoms with Crippen molar-refractivity contribution in [3.8, 4) is 0 Å². The average Bonchev–Trinajstić information content (AvgIpc) is 3.05. The molecule has 2 aliphatic rings. The van der Waals surface area contributed by atoms with E-state index in [0.717, 1.165) is 25.5 Å². The van der Waals surface area contributed by atoms with E-state index in [2.05, 4.69) is 53.5 Å². The Morgan fingerprint density at radius 3 is 2.76 bits per heavy atom. The molecule has 0 amide bonds. The number of ether oxygens (including phenoxy) is 1. The van der Waals surface area contributed by atoms with Crippen molar-refractivity contribution in [3.05, 3.63) is 20.8 Å². The molecule has 21 heavy (non-hydrogen) atoms. The van der Waals surface area contributed by atoms with Crippen LogP contribution in [0.1, 0.15) is 44.9 Å². The van der Waals surface area contributed by atoms with Crippen molar-refractivity contribution in [1.82, 2.24) is 5.32 Å². The van der Waals surface area contributed by atoms with E-state index in [4.69, 9.17) is 4.74 Å². The lowest BCUT2D eigenvalue weighted by Crippen LogP contribution is -2.49. The molecular formula is C17H26BrNOS. The maximum atomic E-state index is 6.20. The fourth-order valence-electron chi connectivity index (χ4n) is 3.40. The SMILES string of the molecule is CC(C)(C)NCC1(Cc2sccc2Br)CCOC1C1CC1. The molecule has 4 heteroatoms. The molecule has 1 saturated heterocycles. The zero-order valence-corrected chi connectivity index (χ0v) is 15.6. The zero-order chi connectivity index (χ0) is 15.1. The minimum Gasteiger partial charge on any atom is -0.377 e. The molecule has 1 aliphatic heterocycles. The van der Waals surface area contributed by atoms with Crippen LogP contribution < -0.4 is 5.32 Å². The molecule has 0 radical (unpaired) electrons. The van der Waals surface area contributed by atoms with E-state index in [-0.39, 0.29) is 11.0 Å². The van der Waals surface area contributed by atoms with E-state index >= 15 is 0 Å². The van der Waals surface area contributed by atoms with Crippen LogP contribution in [0.25, 0.3) is 0 Å². The summed E-state index contributed by atoms with van der Waals surface area (Å²) in [5, 5.41) is 5.95. The summed E-state index contributed by atoms with van der Waals surface area (Å²) in [7, 11) is 0. The van der Waals surface area contributed by atoms with Crippen LogP contribution in [0, 0.1) is 11.3 Å². The summed E-state index contributed by atoms with van der Waals surface area (Å²) in [6.45, 7) is 8.75. The van der Waals surface area contributed by atoms with Crippen LogP contribution in [0.2, 0.25) is 0 Å². The van der Waals surface area contributed by atoms with Gasteiger partial charge in [-0.1, -0.05) is 0 Å². The Morgan fingerprint density at radius 1 is 1.43 bits per heavy atom. The third-order valence-corrected chi connectivity index (χ3v) is 6.65. The third-order valence-electron chi connectivity index (χ3n) is 4.73. The lowest BCUT2D eigenvalue weighted by molar-refractivity contribution is 0.0283. The first kappa shape index (κ1) is 16.0. The van der Waals surface area contributed by atoms with Gasteiger partial charge in [-0.25, -0.2) is 0 Å². The highest BCUT2D eigenvalue weighted by Gasteiger charge is 2.51. The molecule has 2 nitrogen and oxygen atoms in total. The Labute approximate surface area is 140 Å². The highest BCUT2D eigenvalue weighted by Crippen LogP contribution is 2.50. The number of halogens is 1. The van der Waals surface area contributed by atoms with Crippen molar-refractivity contribution in [3.63, 3.8) is 0 Å². The lowest BCUT2D eigenvalue weighted by Gasteiger charge is -2.37. The minimum atomic E-state index is 0.163. The number of thiophene rings is 1. The second kappa shape index (κ2) is 5.95. The number of nitrogens with one attached hydrogen (secondary N) is 1. The van der Waals surface area contributed by atoms with E-state index in [1.54, 1.807) is 0 Å². The van der Waals surface area contributed by atoms with Crippen molar-refractivity contribution < 1.29 is 4.74 Å². The average molecular weight is 372 g/mol. The first-order valence-electron chi connectivity index (χ1n) is 7.98. The van der Waals surface area contributed by atoms with E-state index in [1.807, 2.05) is 11.3 Å². The van der Waals surface area contributed by atoms with E-state index in [0.29, 0.717) is 6.10 Å². The van der Waals surface area contributed by atoms with Gasteiger partial charge >= 0.3 is 0 Å². The van der Waals surface area contributed by atoms with Crippen molar-refractivity contribution in [2.75, 3.05) is 13.2 Å². The summed E-state index contributed by atoms with van der Waals surface area (Å²) in [6.07, 6.45) is 5.47. The van der Waals surface area contributed by atoms with Crippen LogP contribution >= 0.6 is 27.3 Å². The molecule has 3 rings (SSSR count). The van der Waals surface area contributed by atoms with Crippen LogP contribution in [0.4, 0.5) is 0 Å². The molecule has 1 saturated carbocycles. The predicted octanol–water partition coefficient (Wildman–Crippen LogP) is 4.63. The van der Waals surface area contributed by atoms with Gasteiger partial charge in [-0.3, -0.25) is 0 Å². The standard InChI is InChI=1S/C17H26BrNOS/c1-16(2,3)19-11-17(10-14-13(18)6-9-21-14)7-8-20-15(17)12-4-5-12/h6,9,12,15,19H,4-5,7-8,10-11H2,1-3H3. The van der Waals surface area contributed by atoms with Crippen LogP contribution in [0.5, 0.6) is 0 Å². The van der Waals surface area contributed by atoms with Crippen LogP contribution in [0.15, 0.2) is 15.9 Å². The molecule has 2 fully saturated rings. The van der Waals surface area contributed by atoms with Crippen molar-refractivity contribution in [1.29, 1.82) is 0 Å². The van der Waals surface area contributed by atoms with Gasteiger partial charge < -0.3 is 10.1 Å². The van der Waals surface area contributed by atoms with Gasteiger partial charge in [0.25, 0.3) is 0 Å². The molecule has 0 spiro atoms. The molecule has 1 N–H and O–H groups in total. The molecule has 0 bridgehead atoms. The van der Waals surface area contributed by atoms with Gasteiger partial charge in [0, 0.05) is 33.5 Å². The maximum absolute atomic E-state index is 6.20. The summed E-state index contributed by atoms with van der Waals surface area (Å²) >= 11 is 5.58. The Morgan fingerprint density at radius 2 is 2.19 bits per heavy atom. The second-order valence-corrected chi connectivity index (χ2v) is 9.57. The first-order chi connectivity index (χ1) is 9.90. The molecular weight excluding hydrogens is 346 g/mol. The summed E-state index contributed by atoms with van der Waals surface area (Å²) in [5.74, 6) is 0.799. The van der Waals surface area contributed by atoms with Gasteiger partial charge in [0.05, 0.1) is 6.10 Å². The molecule has 118 valence electrons. The van der Waals surface area contributed by atoms with E-state index in [9.17, 15) is 0 Å². The van der Waals surface area contributed by atoms with Crippen molar-refractivity contribution in [2.45, 2.75) is 58.1 Å². The Hall–Kier alpha value is 0.1000. The van der Waals surface area contributed by atoms with Gasteiger partial charge in [-0.2, -0.15) is 0 Å². The predicted molar refractivity (Wildman–Crippen MR) is 93.0 cm³/mol. The summed E-state index contributed by atoms with van der Waals surface area (Å²) < 4.78 is 7.46. The molecule has 1 aromatic heterocycles. The van der Waals surface area contributed by atoms with Gasteiger partial charge in [0.1, 0.15) is 0 Å². The van der Waals surface area contributed by atoms with Crippen molar-refractivity contribution in [2.24, 2.45) is 11.3 Å². The normalized spacial score (nSPS) is 30.0. The van der Waals surface area contributed by atoms with Gasteiger partial charge in [-0.15, -0.1) is 11.3 Å². The third kappa shape index (κ3) is 3.72. The quantitative estimate of drug-likeness (QED) is 0.814. The molecule has 2 unspecified atom stereocenters. The summed E-state index contributed by atoms with van der Waals surface area (Å²) in [4.78, 5) is 1.47. The second-order valence-electron chi connectivity index (χ2n) is 7.71. The first-order valence-corrected chi connectivity index (χ1v) is 9.65. The lowest BCUT2D eigenvalue weighted by atomic mass is 9.75. The van der Waals surface area contributed by atoms with Crippen molar-refractivity contribution >= 4 is 27.3 Å². The monoisotopic (exact) mass is 371 g/mol. The Bertz CT molecular complexity index is 491. The fraction of sp³-hybridized carbons (Fsp3) is 0.765. The van der Waals surface area contributed by atoms with E-state index < -0.39 is 0 Å². The minimum absolute atomic E-state index is 0.163. The van der Waals surface area contributed by atoms with Crippen LogP contribution in [-0.4, -0.2) is 24.8 Å². The zero-order valence-electron chi connectivity index (χ0n) is 13.2. The fourth-order valence-corrected chi connectivity index (χ4v) is 5.04. The molecule has 0 aromatic carbocycles.